The van der Waals surface area contributed by atoms with Crippen LogP contribution in [0, 0.1) is 0 Å². The lowest BCUT2D eigenvalue weighted by atomic mass is 10.1. The van der Waals surface area contributed by atoms with Crippen LogP contribution in [0.15, 0.2) is 30.6 Å². The van der Waals surface area contributed by atoms with Gasteiger partial charge in [0.1, 0.15) is 12.4 Å². The number of fused-ring (bicyclic) bond motifs is 3. The minimum atomic E-state index is 0.590. The molecule has 2 heterocycles. The van der Waals surface area contributed by atoms with E-state index in [0.717, 1.165) is 22.7 Å². The first-order valence-corrected chi connectivity index (χ1v) is 4.19. The molecule has 0 amide bonds. The number of hydrogen-bond acceptors (Lipinski definition) is 2. The largest absolute Gasteiger partial charge is 0.487 e. The van der Waals surface area contributed by atoms with Crippen molar-refractivity contribution in [1.29, 1.82) is 0 Å². The predicted molar refractivity (Wildman–Crippen MR) is 48.4 cm³/mol. The Morgan fingerprint density at radius 3 is 3.23 bits per heavy atom. The van der Waals surface area contributed by atoms with Crippen LogP contribution in [0.1, 0.15) is 5.69 Å². The molecule has 3 heteroatoms. The van der Waals surface area contributed by atoms with Crippen LogP contribution >= 0.6 is 0 Å². The Labute approximate surface area is 75.4 Å². The third-order valence-electron chi connectivity index (χ3n) is 2.23. The van der Waals surface area contributed by atoms with Crippen molar-refractivity contribution in [2.45, 2.75) is 6.61 Å². The summed E-state index contributed by atoms with van der Waals surface area (Å²) in [7, 11) is 0. The standard InChI is InChI=1S/C10H8N2O/c1-2-4-9-7(3-1)10-8(5-13-9)11-6-12-10/h1-4,6H,5H2,(H,11,12). The molecule has 2 aromatic rings. The Morgan fingerprint density at radius 2 is 2.23 bits per heavy atom. The minimum Gasteiger partial charge on any atom is -0.487 e. The quantitative estimate of drug-likeness (QED) is 0.659. The summed E-state index contributed by atoms with van der Waals surface area (Å²) in [6.45, 7) is 0.590. The first-order valence-electron chi connectivity index (χ1n) is 4.19. The van der Waals surface area contributed by atoms with Crippen LogP contribution < -0.4 is 4.74 Å². The van der Waals surface area contributed by atoms with E-state index < -0.39 is 0 Å². The lowest BCUT2D eigenvalue weighted by molar-refractivity contribution is 0.298. The fraction of sp³-hybridized carbons (Fsp3) is 0.100. The highest BCUT2D eigenvalue weighted by atomic mass is 16.5. The second-order valence-corrected chi connectivity index (χ2v) is 3.01. The van der Waals surface area contributed by atoms with E-state index in [0.29, 0.717) is 6.61 Å². The summed E-state index contributed by atoms with van der Waals surface area (Å²) < 4.78 is 5.54. The lowest BCUT2D eigenvalue weighted by Crippen LogP contribution is -2.04. The number of aromatic nitrogens is 2. The number of nitrogens with zero attached hydrogens (tertiary/aromatic N) is 1. The SMILES string of the molecule is c1ccc2c(c1)OCc1[nH]cnc1-2. The van der Waals surface area contributed by atoms with Gasteiger partial charge in [0.25, 0.3) is 0 Å². The third kappa shape index (κ3) is 0.869. The van der Waals surface area contributed by atoms with Crippen molar-refractivity contribution in [3.8, 4) is 17.0 Å². The summed E-state index contributed by atoms with van der Waals surface area (Å²) in [5, 5.41) is 0. The van der Waals surface area contributed by atoms with Crippen LogP contribution in [0.25, 0.3) is 11.3 Å². The van der Waals surface area contributed by atoms with E-state index in [1.54, 1.807) is 6.33 Å². The maximum absolute atomic E-state index is 5.54. The Kier molecular flexibility index (Phi) is 1.22. The monoisotopic (exact) mass is 172 g/mol. The van der Waals surface area contributed by atoms with Crippen molar-refractivity contribution >= 4 is 0 Å². The molecule has 0 radical (unpaired) electrons. The summed E-state index contributed by atoms with van der Waals surface area (Å²) in [6.07, 6.45) is 1.70. The molecule has 64 valence electrons. The van der Waals surface area contributed by atoms with Gasteiger partial charge in [-0.05, 0) is 12.1 Å². The van der Waals surface area contributed by atoms with Gasteiger partial charge in [-0.2, -0.15) is 0 Å². The Bertz CT molecular complexity index is 448. The Balaban J connectivity index is 2.30. The molecule has 1 N–H and O–H groups in total. The Hall–Kier alpha value is -1.77. The fourth-order valence-corrected chi connectivity index (χ4v) is 1.60. The van der Waals surface area contributed by atoms with E-state index >= 15 is 0 Å². The van der Waals surface area contributed by atoms with Crippen LogP contribution in [0.5, 0.6) is 5.75 Å². The average Bonchev–Trinajstić information content (AvgIpc) is 2.65. The van der Waals surface area contributed by atoms with Gasteiger partial charge in [0.05, 0.1) is 17.7 Å². The van der Waals surface area contributed by atoms with E-state index in [9.17, 15) is 0 Å². The number of hydrogen-bond donors (Lipinski definition) is 1. The second-order valence-electron chi connectivity index (χ2n) is 3.01. The highest BCUT2D eigenvalue weighted by Gasteiger charge is 2.18. The molecule has 1 aromatic carbocycles. The van der Waals surface area contributed by atoms with Gasteiger partial charge in [0, 0.05) is 5.56 Å². The number of ether oxygens (including phenoxy) is 1. The summed E-state index contributed by atoms with van der Waals surface area (Å²) in [5.74, 6) is 0.919. The maximum atomic E-state index is 5.54. The van der Waals surface area contributed by atoms with Gasteiger partial charge in [-0.3, -0.25) is 0 Å². The van der Waals surface area contributed by atoms with Crippen molar-refractivity contribution in [3.63, 3.8) is 0 Å². The fourth-order valence-electron chi connectivity index (χ4n) is 1.60. The zero-order chi connectivity index (χ0) is 8.67. The highest BCUT2D eigenvalue weighted by Crippen LogP contribution is 2.34. The Morgan fingerprint density at radius 1 is 1.31 bits per heavy atom. The van der Waals surface area contributed by atoms with E-state index in [1.165, 1.54) is 0 Å². The van der Waals surface area contributed by atoms with E-state index in [1.807, 2.05) is 24.3 Å². The number of imidazole rings is 1. The molecular weight excluding hydrogens is 164 g/mol. The smallest absolute Gasteiger partial charge is 0.130 e. The summed E-state index contributed by atoms with van der Waals surface area (Å²) in [6, 6.07) is 7.95. The number of aromatic amines is 1. The number of rotatable bonds is 0. The summed E-state index contributed by atoms with van der Waals surface area (Å²) in [5.41, 5.74) is 3.14. The first-order chi connectivity index (χ1) is 6.45. The molecule has 1 aliphatic rings. The number of para-hydroxylation sites is 1. The van der Waals surface area contributed by atoms with Crippen molar-refractivity contribution in [2.75, 3.05) is 0 Å². The van der Waals surface area contributed by atoms with Crippen LogP contribution in [-0.2, 0) is 6.61 Å². The average molecular weight is 172 g/mol. The van der Waals surface area contributed by atoms with Crippen LogP contribution in [0.2, 0.25) is 0 Å². The molecule has 0 spiro atoms. The number of benzene rings is 1. The second kappa shape index (κ2) is 2.36. The minimum absolute atomic E-state index is 0.590. The van der Waals surface area contributed by atoms with Gasteiger partial charge in [-0.15, -0.1) is 0 Å². The molecule has 13 heavy (non-hydrogen) atoms. The van der Waals surface area contributed by atoms with E-state index in [-0.39, 0.29) is 0 Å². The van der Waals surface area contributed by atoms with Crippen molar-refractivity contribution in [2.24, 2.45) is 0 Å². The van der Waals surface area contributed by atoms with Gasteiger partial charge >= 0.3 is 0 Å². The van der Waals surface area contributed by atoms with Crippen molar-refractivity contribution in [1.82, 2.24) is 9.97 Å². The molecular formula is C10H8N2O. The normalized spacial score (nSPS) is 12.9. The first kappa shape index (κ1) is 6.71. The molecule has 0 aliphatic carbocycles. The number of nitrogens with one attached hydrogen (secondary N) is 1. The van der Waals surface area contributed by atoms with Gasteiger partial charge in [-0.1, -0.05) is 12.1 Å². The maximum Gasteiger partial charge on any atom is 0.130 e. The van der Waals surface area contributed by atoms with Crippen LogP contribution in [-0.4, -0.2) is 9.97 Å². The van der Waals surface area contributed by atoms with Crippen LogP contribution in [0.4, 0.5) is 0 Å². The third-order valence-corrected chi connectivity index (χ3v) is 2.23. The molecule has 0 saturated heterocycles. The summed E-state index contributed by atoms with van der Waals surface area (Å²) in [4.78, 5) is 7.32. The van der Waals surface area contributed by atoms with Gasteiger partial charge in [0.2, 0.25) is 0 Å². The molecule has 1 aromatic heterocycles. The van der Waals surface area contributed by atoms with Crippen molar-refractivity contribution in [3.05, 3.63) is 36.3 Å². The molecule has 0 atom stereocenters. The zero-order valence-electron chi connectivity index (χ0n) is 6.95. The van der Waals surface area contributed by atoms with Crippen LogP contribution in [0.3, 0.4) is 0 Å². The predicted octanol–water partition coefficient (Wildman–Crippen LogP) is 1.97. The topological polar surface area (TPSA) is 37.9 Å². The van der Waals surface area contributed by atoms with Gasteiger partial charge in [0.15, 0.2) is 0 Å². The molecule has 0 unspecified atom stereocenters. The molecule has 0 bridgehead atoms. The molecule has 0 fully saturated rings. The summed E-state index contributed by atoms with van der Waals surface area (Å²) >= 11 is 0. The van der Waals surface area contributed by atoms with Gasteiger partial charge in [-0.25, -0.2) is 4.98 Å². The molecule has 0 saturated carbocycles. The lowest BCUT2D eigenvalue weighted by Gasteiger charge is -2.15. The zero-order valence-corrected chi connectivity index (χ0v) is 6.95. The molecule has 1 aliphatic heterocycles. The molecule has 3 rings (SSSR count). The van der Waals surface area contributed by atoms with E-state index in [2.05, 4.69) is 9.97 Å². The molecule has 3 nitrogen and oxygen atoms in total. The highest BCUT2D eigenvalue weighted by molar-refractivity contribution is 5.70. The van der Waals surface area contributed by atoms with Crippen molar-refractivity contribution < 1.29 is 4.74 Å². The van der Waals surface area contributed by atoms with E-state index in [4.69, 9.17) is 4.74 Å². The van der Waals surface area contributed by atoms with Gasteiger partial charge < -0.3 is 9.72 Å². The number of H-pyrrole nitrogens is 1.